The van der Waals surface area contributed by atoms with Crippen LogP contribution in [0.2, 0.25) is 0 Å². The van der Waals surface area contributed by atoms with Crippen LogP contribution < -0.4 is 11.1 Å². The normalized spacial score (nSPS) is 10.5. The molecule has 2 heterocycles. The second kappa shape index (κ2) is 4.70. The van der Waals surface area contributed by atoms with Crippen LogP contribution in [0.3, 0.4) is 0 Å². The molecule has 2 aromatic rings. The molecular formula is C10H13BrN6. The van der Waals surface area contributed by atoms with Crippen molar-refractivity contribution in [2.75, 3.05) is 11.1 Å². The van der Waals surface area contributed by atoms with Gasteiger partial charge in [0.1, 0.15) is 5.82 Å². The summed E-state index contributed by atoms with van der Waals surface area (Å²) in [4.78, 5) is 7.99. The summed E-state index contributed by atoms with van der Waals surface area (Å²) in [5.41, 5.74) is 7.77. The number of hydrogen-bond acceptors (Lipinski definition) is 5. The Kier molecular flexibility index (Phi) is 3.28. The average molecular weight is 297 g/mol. The van der Waals surface area contributed by atoms with Gasteiger partial charge in [0.2, 0.25) is 5.95 Å². The van der Waals surface area contributed by atoms with Gasteiger partial charge in [0.05, 0.1) is 10.7 Å². The molecule has 2 aromatic heterocycles. The Morgan fingerprint density at radius 1 is 1.47 bits per heavy atom. The van der Waals surface area contributed by atoms with Gasteiger partial charge in [-0.05, 0) is 22.9 Å². The van der Waals surface area contributed by atoms with E-state index in [9.17, 15) is 0 Å². The molecule has 2 rings (SSSR count). The molecule has 7 heteroatoms. The van der Waals surface area contributed by atoms with Crippen molar-refractivity contribution < 1.29 is 0 Å². The van der Waals surface area contributed by atoms with Crippen LogP contribution in [-0.4, -0.2) is 19.7 Å². The van der Waals surface area contributed by atoms with E-state index in [0.717, 1.165) is 15.7 Å². The second-order valence-electron chi connectivity index (χ2n) is 3.66. The SMILES string of the molecule is Cc1c(CNc2nc(N)ncc2Br)cnn1C. The Hall–Kier alpha value is -1.63. The highest BCUT2D eigenvalue weighted by Gasteiger charge is 2.06. The monoisotopic (exact) mass is 296 g/mol. The number of nitrogens with two attached hydrogens (primary N) is 1. The summed E-state index contributed by atoms with van der Waals surface area (Å²) in [7, 11) is 1.91. The fourth-order valence-corrected chi connectivity index (χ4v) is 1.73. The Bertz CT molecular complexity index is 536. The first-order valence-electron chi connectivity index (χ1n) is 5.07. The zero-order valence-corrected chi connectivity index (χ0v) is 11.2. The van der Waals surface area contributed by atoms with Gasteiger partial charge in [0.15, 0.2) is 0 Å². The first-order chi connectivity index (χ1) is 8.08. The van der Waals surface area contributed by atoms with Crippen molar-refractivity contribution in [3.63, 3.8) is 0 Å². The lowest BCUT2D eigenvalue weighted by molar-refractivity contribution is 0.738. The number of hydrogen-bond donors (Lipinski definition) is 2. The number of halogens is 1. The lowest BCUT2D eigenvalue weighted by atomic mass is 10.2. The molecule has 3 N–H and O–H groups in total. The van der Waals surface area contributed by atoms with Crippen LogP contribution in [0, 0.1) is 6.92 Å². The van der Waals surface area contributed by atoms with E-state index >= 15 is 0 Å². The highest BCUT2D eigenvalue weighted by molar-refractivity contribution is 9.10. The van der Waals surface area contributed by atoms with Crippen molar-refractivity contribution in [3.8, 4) is 0 Å². The maximum absolute atomic E-state index is 5.53. The van der Waals surface area contributed by atoms with Crippen LogP contribution in [0.4, 0.5) is 11.8 Å². The van der Waals surface area contributed by atoms with E-state index in [1.165, 1.54) is 0 Å². The fraction of sp³-hybridized carbons (Fsp3) is 0.300. The molecule has 0 bridgehead atoms. The van der Waals surface area contributed by atoms with E-state index in [4.69, 9.17) is 5.73 Å². The van der Waals surface area contributed by atoms with E-state index in [2.05, 4.69) is 36.3 Å². The lowest BCUT2D eigenvalue weighted by Gasteiger charge is -2.07. The van der Waals surface area contributed by atoms with Gasteiger partial charge >= 0.3 is 0 Å². The van der Waals surface area contributed by atoms with Crippen LogP contribution in [0.15, 0.2) is 16.9 Å². The standard InChI is InChI=1S/C10H13BrN6/c1-6-7(4-15-17(6)2)3-13-9-8(11)5-14-10(12)16-9/h4-5H,3H2,1-2H3,(H3,12,13,14,16). The van der Waals surface area contributed by atoms with Gasteiger partial charge in [-0.3, -0.25) is 4.68 Å². The topological polar surface area (TPSA) is 81.7 Å². The van der Waals surface area contributed by atoms with Crippen LogP contribution >= 0.6 is 15.9 Å². The van der Waals surface area contributed by atoms with Crippen molar-refractivity contribution in [2.45, 2.75) is 13.5 Å². The minimum absolute atomic E-state index is 0.249. The molecule has 0 radical (unpaired) electrons. The Morgan fingerprint density at radius 3 is 2.88 bits per heavy atom. The third-order valence-corrected chi connectivity index (χ3v) is 3.13. The summed E-state index contributed by atoms with van der Waals surface area (Å²) < 4.78 is 2.62. The summed E-state index contributed by atoms with van der Waals surface area (Å²) in [5.74, 6) is 0.930. The Labute approximate surface area is 107 Å². The molecule has 0 aliphatic rings. The van der Waals surface area contributed by atoms with Gasteiger partial charge < -0.3 is 11.1 Å². The minimum atomic E-state index is 0.249. The largest absolute Gasteiger partial charge is 0.368 e. The predicted molar refractivity (Wildman–Crippen MR) is 69.4 cm³/mol. The molecule has 6 nitrogen and oxygen atoms in total. The van der Waals surface area contributed by atoms with E-state index in [-0.39, 0.29) is 5.95 Å². The van der Waals surface area contributed by atoms with Crippen molar-refractivity contribution >= 4 is 27.7 Å². The maximum atomic E-state index is 5.53. The van der Waals surface area contributed by atoms with Gasteiger partial charge in [0, 0.05) is 31.0 Å². The van der Waals surface area contributed by atoms with E-state index in [1.54, 1.807) is 6.20 Å². The molecule has 0 atom stereocenters. The minimum Gasteiger partial charge on any atom is -0.368 e. The van der Waals surface area contributed by atoms with E-state index in [0.29, 0.717) is 12.4 Å². The summed E-state index contributed by atoms with van der Waals surface area (Å²) in [6.45, 7) is 2.67. The first kappa shape index (κ1) is 11.8. The van der Waals surface area contributed by atoms with Crippen molar-refractivity contribution in [1.82, 2.24) is 19.7 Å². The molecule has 0 aromatic carbocycles. The molecular weight excluding hydrogens is 284 g/mol. The van der Waals surface area contributed by atoms with Gasteiger partial charge in [-0.15, -0.1) is 0 Å². The molecule has 0 aliphatic carbocycles. The molecule has 0 saturated heterocycles. The van der Waals surface area contributed by atoms with Crippen molar-refractivity contribution in [2.24, 2.45) is 7.05 Å². The molecule has 0 saturated carbocycles. The van der Waals surface area contributed by atoms with Gasteiger partial charge in [-0.1, -0.05) is 0 Å². The highest BCUT2D eigenvalue weighted by atomic mass is 79.9. The summed E-state index contributed by atoms with van der Waals surface area (Å²) in [6, 6.07) is 0. The third kappa shape index (κ3) is 2.55. The van der Waals surface area contributed by atoms with Gasteiger partial charge in [0.25, 0.3) is 0 Å². The van der Waals surface area contributed by atoms with Crippen LogP contribution in [0.25, 0.3) is 0 Å². The Balaban J connectivity index is 2.12. The molecule has 17 heavy (non-hydrogen) atoms. The fourth-order valence-electron chi connectivity index (χ4n) is 1.40. The molecule has 0 aliphatic heterocycles. The Morgan fingerprint density at radius 2 is 2.24 bits per heavy atom. The molecule has 0 unspecified atom stereocenters. The average Bonchev–Trinajstić information content (AvgIpc) is 2.62. The number of nitrogens with one attached hydrogen (secondary N) is 1. The predicted octanol–water partition coefficient (Wildman–Crippen LogP) is 1.48. The van der Waals surface area contributed by atoms with Crippen LogP contribution in [-0.2, 0) is 13.6 Å². The second-order valence-corrected chi connectivity index (χ2v) is 4.51. The van der Waals surface area contributed by atoms with Crippen molar-refractivity contribution in [3.05, 3.63) is 28.1 Å². The lowest BCUT2D eigenvalue weighted by Crippen LogP contribution is -2.05. The number of aromatic nitrogens is 4. The summed E-state index contributed by atoms with van der Waals surface area (Å²) in [5, 5.41) is 7.37. The van der Waals surface area contributed by atoms with Crippen LogP contribution in [0.1, 0.15) is 11.3 Å². The van der Waals surface area contributed by atoms with Crippen LogP contribution in [0.5, 0.6) is 0 Å². The zero-order valence-electron chi connectivity index (χ0n) is 9.61. The maximum Gasteiger partial charge on any atom is 0.221 e. The number of anilines is 2. The summed E-state index contributed by atoms with van der Waals surface area (Å²) >= 11 is 3.36. The number of rotatable bonds is 3. The molecule has 0 fully saturated rings. The summed E-state index contributed by atoms with van der Waals surface area (Å²) in [6.07, 6.45) is 3.46. The van der Waals surface area contributed by atoms with E-state index < -0.39 is 0 Å². The van der Waals surface area contributed by atoms with E-state index in [1.807, 2.05) is 24.9 Å². The quantitative estimate of drug-likeness (QED) is 0.896. The smallest absolute Gasteiger partial charge is 0.221 e. The number of aryl methyl sites for hydroxylation is 1. The molecule has 0 amide bonds. The molecule has 90 valence electrons. The number of nitrogens with zero attached hydrogens (tertiary/aromatic N) is 4. The van der Waals surface area contributed by atoms with Crippen molar-refractivity contribution in [1.29, 1.82) is 0 Å². The van der Waals surface area contributed by atoms with Gasteiger partial charge in [-0.25, -0.2) is 4.98 Å². The number of nitrogen functional groups attached to an aromatic ring is 1. The third-order valence-electron chi connectivity index (χ3n) is 2.55. The highest BCUT2D eigenvalue weighted by Crippen LogP contribution is 2.20. The zero-order chi connectivity index (χ0) is 12.4. The molecule has 0 spiro atoms. The first-order valence-corrected chi connectivity index (χ1v) is 5.86. The van der Waals surface area contributed by atoms with Gasteiger partial charge in [-0.2, -0.15) is 10.1 Å².